The summed E-state index contributed by atoms with van der Waals surface area (Å²) in [6.07, 6.45) is 3.13. The maximum absolute atomic E-state index is 14.8. The lowest BCUT2D eigenvalue weighted by Gasteiger charge is -2.38. The molecule has 0 spiro atoms. The number of hydrogen-bond donors (Lipinski definition) is 1. The van der Waals surface area contributed by atoms with E-state index < -0.39 is 5.25 Å². The zero-order valence-corrected chi connectivity index (χ0v) is 29.0. The molecular formula is C36H51FN6O3S. The summed E-state index contributed by atoms with van der Waals surface area (Å²) in [7, 11) is 2.11. The number of piperidine rings is 1. The number of nitrogens with zero attached hydrogens (tertiary/aromatic N) is 5. The molecule has 256 valence electrons. The molecule has 3 saturated heterocycles. The number of likely N-dealkylation sites (N-methyl/N-ethyl adjacent to an activating group) is 1. The van der Waals surface area contributed by atoms with Crippen molar-refractivity contribution in [3.05, 3.63) is 59.4 Å². The van der Waals surface area contributed by atoms with Gasteiger partial charge in [0.05, 0.1) is 5.25 Å². The fourth-order valence-corrected chi connectivity index (χ4v) is 8.65. The van der Waals surface area contributed by atoms with Gasteiger partial charge in [-0.2, -0.15) is 0 Å². The maximum atomic E-state index is 14.8. The molecule has 2 unspecified atom stereocenters. The quantitative estimate of drug-likeness (QED) is 0.410. The number of piperazine rings is 1. The molecule has 4 aliphatic heterocycles. The third kappa shape index (κ3) is 7.72. The van der Waals surface area contributed by atoms with E-state index in [0.29, 0.717) is 39.0 Å². The van der Waals surface area contributed by atoms with Crippen LogP contribution in [0.15, 0.2) is 42.5 Å². The molecule has 0 saturated carbocycles. The number of likely N-dealkylation sites (tertiary alicyclic amines) is 1. The molecule has 9 nitrogen and oxygen atoms in total. The van der Waals surface area contributed by atoms with Crippen molar-refractivity contribution in [2.75, 3.05) is 69.6 Å². The lowest BCUT2D eigenvalue weighted by molar-refractivity contribution is -0.137. The first-order valence-corrected chi connectivity index (χ1v) is 18.0. The number of hydrogen-bond acceptors (Lipinski definition) is 6. The first-order valence-electron chi connectivity index (χ1n) is 17.1. The Balaban J connectivity index is 0.00000451. The van der Waals surface area contributed by atoms with Gasteiger partial charge in [0.2, 0.25) is 11.8 Å². The summed E-state index contributed by atoms with van der Waals surface area (Å²) < 4.78 is 14.8. The average Bonchev–Trinajstić information content (AvgIpc) is 3.24. The van der Waals surface area contributed by atoms with E-state index in [-0.39, 0.29) is 48.3 Å². The lowest BCUT2D eigenvalue weighted by atomic mass is 9.92. The van der Waals surface area contributed by atoms with Gasteiger partial charge < -0.3 is 29.8 Å². The number of carbonyl (C=O) groups is 3. The second kappa shape index (κ2) is 14.0. The number of amides is 4. The van der Waals surface area contributed by atoms with Crippen LogP contribution >= 0.6 is 11.8 Å². The molecule has 2 aromatic rings. The number of urea groups is 1. The van der Waals surface area contributed by atoms with Gasteiger partial charge >= 0.3 is 6.03 Å². The average molecular weight is 667 g/mol. The largest absolute Gasteiger partial charge is 0.369 e. The highest BCUT2D eigenvalue weighted by Gasteiger charge is 2.44. The molecule has 4 heterocycles. The van der Waals surface area contributed by atoms with Crippen molar-refractivity contribution in [2.45, 2.75) is 69.5 Å². The summed E-state index contributed by atoms with van der Waals surface area (Å²) in [6.45, 7) is 12.3. The fourth-order valence-electron chi connectivity index (χ4n) is 7.16. The smallest absolute Gasteiger partial charge is 0.322 e. The maximum Gasteiger partial charge on any atom is 0.322 e. The fraction of sp³-hybridized carbons (Fsp3) is 0.583. The van der Waals surface area contributed by atoms with E-state index in [4.69, 9.17) is 0 Å². The second-order valence-corrected chi connectivity index (χ2v) is 15.9. The highest BCUT2D eigenvalue weighted by molar-refractivity contribution is 8.01. The van der Waals surface area contributed by atoms with Crippen LogP contribution in [0.3, 0.4) is 0 Å². The van der Waals surface area contributed by atoms with E-state index in [9.17, 15) is 18.8 Å². The molecule has 0 radical (unpaired) electrons. The van der Waals surface area contributed by atoms with Crippen LogP contribution in [0.2, 0.25) is 0 Å². The number of nitrogens with one attached hydrogen (secondary N) is 1. The van der Waals surface area contributed by atoms with Crippen molar-refractivity contribution in [3.8, 4) is 0 Å². The van der Waals surface area contributed by atoms with Crippen LogP contribution in [-0.2, 0) is 16.0 Å². The predicted molar refractivity (Wildman–Crippen MR) is 188 cm³/mol. The third-order valence-corrected chi connectivity index (χ3v) is 11.6. The number of rotatable bonds is 7. The molecule has 0 aromatic heterocycles. The van der Waals surface area contributed by atoms with Gasteiger partial charge in [0.25, 0.3) is 0 Å². The van der Waals surface area contributed by atoms with Gasteiger partial charge in [0.1, 0.15) is 11.2 Å². The van der Waals surface area contributed by atoms with Crippen molar-refractivity contribution < 1.29 is 20.2 Å². The Morgan fingerprint density at radius 2 is 1.72 bits per heavy atom. The van der Waals surface area contributed by atoms with Crippen molar-refractivity contribution >= 4 is 41.0 Å². The van der Waals surface area contributed by atoms with E-state index in [0.717, 1.165) is 61.5 Å². The Hall–Kier alpha value is -3.31. The van der Waals surface area contributed by atoms with Gasteiger partial charge in [-0.15, -0.1) is 11.8 Å². The van der Waals surface area contributed by atoms with E-state index in [2.05, 4.69) is 49.0 Å². The predicted octanol–water partition coefficient (Wildman–Crippen LogP) is 5.67. The number of fused-ring (bicyclic) bond motifs is 1. The van der Waals surface area contributed by atoms with Gasteiger partial charge in [-0.25, -0.2) is 9.18 Å². The molecular weight excluding hydrogens is 616 g/mol. The topological polar surface area (TPSA) is 79.4 Å². The standard InChI is InChI=1S/C36H49FN6O3S.H2/c1-36(2,3)14-18-43-33(45)31(47-34(43)28-23-26(37)9-10-30(28)40-21-19-39(4)20-22-40)24-32(44)41-15-12-27(13-16-41)42-17-11-25-7-5-6-8-29(25)38-35(42)46;/h5-10,23,27,31,34H,11-22,24H2,1-4H3,(H,38,46);1H. The summed E-state index contributed by atoms with van der Waals surface area (Å²) in [5, 5.41) is 2.18. The van der Waals surface area contributed by atoms with Crippen LogP contribution in [0.4, 0.5) is 20.6 Å². The van der Waals surface area contributed by atoms with Crippen molar-refractivity contribution in [1.82, 2.24) is 19.6 Å². The third-order valence-electron chi connectivity index (χ3n) is 10.1. The molecule has 4 aliphatic rings. The lowest BCUT2D eigenvalue weighted by Crippen LogP contribution is -2.50. The van der Waals surface area contributed by atoms with Gasteiger partial charge in [-0.1, -0.05) is 39.0 Å². The van der Waals surface area contributed by atoms with Gasteiger partial charge in [-0.05, 0) is 68.0 Å². The normalized spacial score (nSPS) is 23.2. The minimum atomic E-state index is -0.524. The molecule has 3 fully saturated rings. The zero-order chi connectivity index (χ0) is 33.3. The molecule has 47 heavy (non-hydrogen) atoms. The van der Waals surface area contributed by atoms with E-state index in [1.165, 1.54) is 17.8 Å². The minimum Gasteiger partial charge on any atom is -0.369 e. The van der Waals surface area contributed by atoms with E-state index >= 15 is 0 Å². The van der Waals surface area contributed by atoms with Crippen LogP contribution in [0.25, 0.3) is 0 Å². The number of carbonyl (C=O) groups excluding carboxylic acids is 3. The van der Waals surface area contributed by atoms with Crippen molar-refractivity contribution in [1.29, 1.82) is 0 Å². The molecule has 4 amide bonds. The van der Waals surface area contributed by atoms with Gasteiger partial charge in [0.15, 0.2) is 0 Å². The Bertz CT molecular complexity index is 1470. The van der Waals surface area contributed by atoms with E-state index in [1.54, 1.807) is 6.07 Å². The Morgan fingerprint density at radius 3 is 2.45 bits per heavy atom. The minimum absolute atomic E-state index is 0. The summed E-state index contributed by atoms with van der Waals surface area (Å²) in [5.41, 5.74) is 3.81. The number of anilines is 2. The summed E-state index contributed by atoms with van der Waals surface area (Å²) in [5.74, 6) is -0.384. The monoisotopic (exact) mass is 666 g/mol. The highest BCUT2D eigenvalue weighted by Crippen LogP contribution is 2.48. The first kappa shape index (κ1) is 33.6. The second-order valence-electron chi connectivity index (χ2n) is 14.7. The number of para-hydroxylation sites is 1. The SMILES string of the molecule is CN1CCN(c2ccc(F)cc2C2SC(CC(=O)N3CCC(N4CCc5ccccc5NC4=O)CC3)C(=O)N2CCC(C)(C)C)CC1.[HH]. The molecule has 0 bridgehead atoms. The van der Waals surface area contributed by atoms with Gasteiger partial charge in [-0.3, -0.25) is 9.59 Å². The van der Waals surface area contributed by atoms with Crippen molar-refractivity contribution in [3.63, 3.8) is 0 Å². The summed E-state index contributed by atoms with van der Waals surface area (Å²) in [6, 6.07) is 12.9. The summed E-state index contributed by atoms with van der Waals surface area (Å²) >= 11 is 1.49. The number of thioether (sulfide) groups is 1. The Kier molecular flexibility index (Phi) is 10.0. The zero-order valence-electron chi connectivity index (χ0n) is 28.2. The Labute approximate surface area is 284 Å². The van der Waals surface area contributed by atoms with Crippen LogP contribution < -0.4 is 10.2 Å². The highest BCUT2D eigenvalue weighted by atomic mass is 32.2. The molecule has 6 rings (SSSR count). The number of benzene rings is 2. The molecule has 2 atom stereocenters. The molecule has 0 aliphatic carbocycles. The van der Waals surface area contributed by atoms with Gasteiger partial charge in [0, 0.05) is 83.2 Å². The van der Waals surface area contributed by atoms with Crippen LogP contribution in [-0.4, -0.2) is 108 Å². The van der Waals surface area contributed by atoms with Crippen LogP contribution in [0, 0.1) is 11.2 Å². The number of halogens is 1. The van der Waals surface area contributed by atoms with Crippen molar-refractivity contribution in [2.24, 2.45) is 5.41 Å². The van der Waals surface area contributed by atoms with Crippen LogP contribution in [0.1, 0.15) is 64.4 Å². The molecule has 11 heteroatoms. The summed E-state index contributed by atoms with van der Waals surface area (Å²) in [4.78, 5) is 51.1. The molecule has 2 aromatic carbocycles. The first-order chi connectivity index (χ1) is 22.5. The Morgan fingerprint density at radius 1 is 1.00 bits per heavy atom. The van der Waals surface area contributed by atoms with Crippen LogP contribution in [0.5, 0.6) is 0 Å². The molecule has 1 N–H and O–H groups in total. The van der Waals surface area contributed by atoms with E-state index in [1.807, 2.05) is 39.0 Å².